The minimum absolute atomic E-state index is 0.361. The van der Waals surface area contributed by atoms with E-state index >= 15 is 0 Å². The van der Waals surface area contributed by atoms with Crippen molar-refractivity contribution in [2.45, 2.75) is 41.5 Å². The van der Waals surface area contributed by atoms with Gasteiger partial charge in [0.15, 0.2) is 0 Å². The first-order valence-corrected chi connectivity index (χ1v) is 12.1. The molecule has 0 fully saturated rings. The average molecular weight is 492 g/mol. The molecule has 0 rings (SSSR count). The van der Waals surface area contributed by atoms with Gasteiger partial charge in [0.25, 0.3) is 0 Å². The average Bonchev–Trinajstić information content (AvgIpc) is 2.34. The Hall–Kier alpha value is 1.47. The molecule has 0 unspecified atom stereocenters. The first-order valence-electron chi connectivity index (χ1n) is 6.70. The van der Waals surface area contributed by atoms with E-state index in [0.717, 1.165) is 0 Å². The van der Waals surface area contributed by atoms with Crippen LogP contribution < -0.4 is 0 Å². The molecule has 1 nitrogen and oxygen atoms in total. The van der Waals surface area contributed by atoms with Crippen molar-refractivity contribution in [3.05, 3.63) is 0 Å². The maximum absolute atomic E-state index is 9.21. The molecule has 0 N–H and O–H groups in total. The van der Waals surface area contributed by atoms with Crippen molar-refractivity contribution in [2.75, 3.05) is 37.0 Å². The molecule has 0 bridgehead atoms. The second kappa shape index (κ2) is 20.8. The molecule has 18 heavy (non-hydrogen) atoms. The Bertz CT molecular complexity index is 136. The van der Waals surface area contributed by atoms with Gasteiger partial charge in [0.2, 0.25) is 0 Å². The number of rotatable bonds is 6. The van der Waals surface area contributed by atoms with Gasteiger partial charge in [0, 0.05) is 0 Å². The molecule has 0 aliphatic heterocycles. The zero-order valence-corrected chi connectivity index (χ0v) is 17.7. The molecule has 0 amide bonds. The monoisotopic (exact) mass is 492 g/mol. The van der Waals surface area contributed by atoms with Crippen molar-refractivity contribution < 1.29 is 23.7 Å². The fourth-order valence-corrected chi connectivity index (χ4v) is 4.02. The summed E-state index contributed by atoms with van der Waals surface area (Å²) >= 11 is 5.93. The number of carbonyl (C=O) groups is 1. The summed E-state index contributed by atoms with van der Waals surface area (Å²) in [5.74, 6) is 0. The summed E-state index contributed by atoms with van der Waals surface area (Å²) in [5.41, 5.74) is 0. The van der Waals surface area contributed by atoms with Crippen molar-refractivity contribution in [2.24, 2.45) is 0 Å². The Balaban J connectivity index is -0.000000196. The molecule has 0 saturated heterocycles. The van der Waals surface area contributed by atoms with Gasteiger partial charge in [-0.05, 0) is 37.0 Å². The van der Waals surface area contributed by atoms with Gasteiger partial charge in [-0.15, -0.1) is 15.8 Å². The molecule has 0 spiro atoms. The molecule has 0 aliphatic rings. The van der Waals surface area contributed by atoms with Crippen LogP contribution in [-0.2, 0) is 18.9 Å². The van der Waals surface area contributed by atoms with E-state index in [1.54, 1.807) is 0 Å². The molecule has 0 aromatic heterocycles. The third kappa shape index (κ3) is 26.1. The zero-order valence-electron chi connectivity index (χ0n) is 12.8. The molecule has 0 heterocycles. The van der Waals surface area contributed by atoms with Crippen LogP contribution in [0.25, 0.3) is 0 Å². The topological polar surface area (TPSA) is 17.1 Å². The second-order valence-corrected chi connectivity index (χ2v) is 12.1. The van der Waals surface area contributed by atoms with E-state index in [-0.39, 0.29) is 3.76 Å². The quantitative estimate of drug-likeness (QED) is 0.331. The summed E-state index contributed by atoms with van der Waals surface area (Å²) < 4.78 is -0.361. The van der Waals surface area contributed by atoms with Crippen LogP contribution in [-0.4, -0.2) is 40.7 Å². The Kier molecular flexibility index (Phi) is 28.3. The minimum atomic E-state index is -0.361. The van der Waals surface area contributed by atoms with E-state index in [4.69, 9.17) is 0 Å². The van der Waals surface area contributed by atoms with E-state index < -0.39 is 0 Å². The van der Waals surface area contributed by atoms with E-state index in [0.29, 0.717) is 15.8 Å². The second-order valence-electron chi connectivity index (χ2n) is 3.45. The SMILES string of the molecule is CCP(CC)CC.CCP(CC)CC.O=[C](Cl)[Ir]. The van der Waals surface area contributed by atoms with E-state index in [2.05, 4.69) is 53.1 Å². The molecule has 0 radical (unpaired) electrons. The van der Waals surface area contributed by atoms with Crippen LogP contribution in [0.15, 0.2) is 0 Å². The summed E-state index contributed by atoms with van der Waals surface area (Å²) in [5, 5.41) is 0. The Morgan fingerprint density at radius 1 is 0.778 bits per heavy atom. The summed E-state index contributed by atoms with van der Waals surface area (Å²) in [6.07, 6.45) is 8.51. The first-order chi connectivity index (χ1) is 8.42. The molecule has 0 aromatic carbocycles. The van der Waals surface area contributed by atoms with Crippen molar-refractivity contribution in [3.8, 4) is 0 Å². The van der Waals surface area contributed by atoms with Gasteiger partial charge >= 0.3 is 39.1 Å². The normalized spacial score (nSPS) is 9.50. The Morgan fingerprint density at radius 2 is 0.889 bits per heavy atom. The van der Waals surface area contributed by atoms with Gasteiger partial charge < -0.3 is 0 Å². The first kappa shape index (κ1) is 24.5. The summed E-state index contributed by atoms with van der Waals surface area (Å²) in [6.45, 7) is 13.7. The molecule has 5 heteroatoms. The third-order valence-electron chi connectivity index (χ3n) is 2.68. The van der Waals surface area contributed by atoms with Gasteiger partial charge in [-0.25, -0.2) is 0 Å². The molecule has 114 valence electrons. The Labute approximate surface area is 133 Å². The van der Waals surface area contributed by atoms with Crippen LogP contribution in [0.1, 0.15) is 41.5 Å². The Morgan fingerprint density at radius 3 is 0.889 bits per heavy atom. The van der Waals surface area contributed by atoms with Crippen LogP contribution in [0.4, 0.5) is 4.79 Å². The molecule has 0 aromatic rings. The van der Waals surface area contributed by atoms with Gasteiger partial charge in [0.05, 0.1) is 0 Å². The summed E-state index contributed by atoms with van der Waals surface area (Å²) in [7, 11) is 0.892. The third-order valence-corrected chi connectivity index (χ3v) is 8.05. The molecule has 0 atom stereocenters. The van der Waals surface area contributed by atoms with Crippen LogP contribution in [0.5, 0.6) is 0 Å². The van der Waals surface area contributed by atoms with Gasteiger partial charge in [-0.3, -0.25) is 0 Å². The van der Waals surface area contributed by atoms with E-state index in [1.165, 1.54) is 55.9 Å². The van der Waals surface area contributed by atoms with Crippen LogP contribution in [0, 0.1) is 0 Å². The van der Waals surface area contributed by atoms with Gasteiger partial charge in [0.1, 0.15) is 0 Å². The van der Waals surface area contributed by atoms with E-state index in [1.807, 2.05) is 0 Å². The molecule has 0 aliphatic carbocycles. The fourth-order valence-electron chi connectivity index (χ4n) is 1.34. The maximum atomic E-state index is 9.21. The van der Waals surface area contributed by atoms with Crippen molar-refractivity contribution in [1.29, 1.82) is 0 Å². The van der Waals surface area contributed by atoms with Crippen molar-refractivity contribution >= 4 is 31.2 Å². The van der Waals surface area contributed by atoms with Crippen molar-refractivity contribution in [3.63, 3.8) is 0 Å². The number of carbonyl (C=O) groups excluding carboxylic acids is 1. The van der Waals surface area contributed by atoms with Gasteiger partial charge in [-0.1, -0.05) is 41.5 Å². The zero-order chi connectivity index (χ0) is 15.0. The predicted octanol–water partition coefficient (Wildman–Crippen LogP) is 5.95. The molecule has 0 saturated carbocycles. The number of hydrogen-bond donors (Lipinski definition) is 0. The summed E-state index contributed by atoms with van der Waals surface area (Å²) in [6, 6.07) is 0. The predicted molar refractivity (Wildman–Crippen MR) is 88.3 cm³/mol. The van der Waals surface area contributed by atoms with Crippen LogP contribution in [0.2, 0.25) is 0 Å². The molecular weight excluding hydrogens is 462 g/mol. The van der Waals surface area contributed by atoms with Gasteiger partial charge in [-0.2, -0.15) is 0 Å². The number of halogens is 1. The fraction of sp³-hybridized carbons (Fsp3) is 0.923. The summed E-state index contributed by atoms with van der Waals surface area (Å²) in [4.78, 5) is 9.21. The van der Waals surface area contributed by atoms with Crippen molar-refractivity contribution in [1.82, 2.24) is 0 Å². The molecular formula is C13H30ClIrOP2. The van der Waals surface area contributed by atoms with Crippen LogP contribution in [0.3, 0.4) is 0 Å². The standard InChI is InChI=1S/2C6H15P.CClO.Ir/c2*1-4-7(5-2)6-3;2-1-3;/h2*4-6H2,1-3H3;;. The number of hydrogen-bond acceptors (Lipinski definition) is 1. The van der Waals surface area contributed by atoms with Crippen LogP contribution >= 0.6 is 27.4 Å². The van der Waals surface area contributed by atoms with E-state index in [9.17, 15) is 4.79 Å².